The highest BCUT2D eigenvalue weighted by atomic mass is 16.5. The number of carbonyl (C=O) groups excluding carboxylic acids is 5. The Hall–Kier alpha value is -3.07. The molecule has 2 amide bonds. The maximum atomic E-state index is 12.7. The Morgan fingerprint density at radius 1 is 1.19 bits per heavy atom. The molecule has 3 atom stereocenters. The molecule has 31 heavy (non-hydrogen) atoms. The van der Waals surface area contributed by atoms with E-state index >= 15 is 0 Å². The summed E-state index contributed by atoms with van der Waals surface area (Å²) in [6.07, 6.45) is 1.02. The highest BCUT2D eigenvalue weighted by Crippen LogP contribution is 2.17. The summed E-state index contributed by atoms with van der Waals surface area (Å²) in [6.45, 7) is 3.63. The number of benzene rings is 1. The predicted molar refractivity (Wildman–Crippen MR) is 112 cm³/mol. The standard InChI is InChI=1S/C22H29N3O6/c1-13(2)10-16(23)21(29)25-17(11-15-8-9-24-20(15)28)18(26)12-31-22(30)19(27)14-6-4-3-5-7-14/h3-7,13,15-17H,8-12,23H2,1-2H3,(H,24,28)(H,25,29)/t15-,16-,17-/m0/s1. The molecule has 1 heterocycles. The molecule has 9 nitrogen and oxygen atoms in total. The molecule has 1 fully saturated rings. The zero-order valence-electron chi connectivity index (χ0n) is 17.8. The van der Waals surface area contributed by atoms with Gasteiger partial charge in [0.1, 0.15) is 0 Å². The number of hydrogen-bond acceptors (Lipinski definition) is 7. The minimum Gasteiger partial charge on any atom is -0.452 e. The number of hydrogen-bond donors (Lipinski definition) is 3. The van der Waals surface area contributed by atoms with Gasteiger partial charge in [-0.3, -0.25) is 19.2 Å². The monoisotopic (exact) mass is 431 g/mol. The third-order valence-corrected chi connectivity index (χ3v) is 5.02. The van der Waals surface area contributed by atoms with Crippen LogP contribution >= 0.6 is 0 Å². The second kappa shape index (κ2) is 11.4. The van der Waals surface area contributed by atoms with Crippen molar-refractivity contribution >= 4 is 29.4 Å². The number of rotatable bonds is 11. The van der Waals surface area contributed by atoms with Crippen molar-refractivity contribution in [3.05, 3.63) is 35.9 Å². The van der Waals surface area contributed by atoms with Crippen LogP contribution < -0.4 is 16.4 Å². The van der Waals surface area contributed by atoms with Gasteiger partial charge in [-0.25, -0.2) is 4.79 Å². The Kier molecular flexibility index (Phi) is 8.87. The Balaban J connectivity index is 2.01. The van der Waals surface area contributed by atoms with Gasteiger partial charge in [0.2, 0.25) is 11.8 Å². The van der Waals surface area contributed by atoms with Gasteiger partial charge in [0.25, 0.3) is 5.78 Å². The number of amides is 2. The molecule has 0 aliphatic carbocycles. The highest BCUT2D eigenvalue weighted by molar-refractivity contribution is 6.40. The molecule has 2 rings (SSSR count). The third kappa shape index (κ3) is 7.29. The fourth-order valence-electron chi connectivity index (χ4n) is 3.33. The smallest absolute Gasteiger partial charge is 0.380 e. The molecule has 1 aromatic rings. The van der Waals surface area contributed by atoms with Crippen LogP contribution in [-0.4, -0.2) is 54.6 Å². The number of nitrogens with one attached hydrogen (secondary N) is 2. The van der Waals surface area contributed by atoms with Gasteiger partial charge in [-0.1, -0.05) is 44.2 Å². The summed E-state index contributed by atoms with van der Waals surface area (Å²) in [6, 6.07) is 5.96. The van der Waals surface area contributed by atoms with Gasteiger partial charge in [0, 0.05) is 18.0 Å². The molecule has 0 spiro atoms. The van der Waals surface area contributed by atoms with Crippen LogP contribution in [0.3, 0.4) is 0 Å². The zero-order chi connectivity index (χ0) is 23.0. The maximum Gasteiger partial charge on any atom is 0.380 e. The van der Waals surface area contributed by atoms with Crippen LogP contribution in [0.2, 0.25) is 0 Å². The average Bonchev–Trinajstić information content (AvgIpc) is 3.15. The molecule has 0 unspecified atom stereocenters. The van der Waals surface area contributed by atoms with E-state index in [0.717, 1.165) is 0 Å². The van der Waals surface area contributed by atoms with Crippen molar-refractivity contribution in [2.75, 3.05) is 13.2 Å². The molecule has 0 saturated carbocycles. The first-order chi connectivity index (χ1) is 14.7. The highest BCUT2D eigenvalue weighted by Gasteiger charge is 2.33. The van der Waals surface area contributed by atoms with E-state index in [4.69, 9.17) is 10.5 Å². The summed E-state index contributed by atoms with van der Waals surface area (Å²) in [7, 11) is 0. The van der Waals surface area contributed by atoms with E-state index < -0.39 is 48.1 Å². The Morgan fingerprint density at radius 2 is 1.87 bits per heavy atom. The summed E-state index contributed by atoms with van der Waals surface area (Å²) < 4.78 is 4.88. The number of esters is 1. The first-order valence-electron chi connectivity index (χ1n) is 10.3. The van der Waals surface area contributed by atoms with Gasteiger partial charge >= 0.3 is 5.97 Å². The average molecular weight is 431 g/mol. The molecule has 4 N–H and O–H groups in total. The molecule has 1 saturated heterocycles. The van der Waals surface area contributed by atoms with Crippen molar-refractivity contribution < 1.29 is 28.7 Å². The first kappa shape index (κ1) is 24.2. The zero-order valence-corrected chi connectivity index (χ0v) is 17.8. The topological polar surface area (TPSA) is 145 Å². The molecule has 1 aromatic carbocycles. The molecule has 0 aromatic heterocycles. The molecule has 1 aliphatic heterocycles. The minimum atomic E-state index is -1.17. The SMILES string of the molecule is CC(C)C[C@H](N)C(=O)N[C@@H](C[C@@H]1CCNC1=O)C(=O)COC(=O)C(=O)c1ccccc1. The number of ether oxygens (including phenoxy) is 1. The second-order valence-corrected chi connectivity index (χ2v) is 8.05. The second-order valence-electron chi connectivity index (χ2n) is 8.05. The van der Waals surface area contributed by atoms with Gasteiger partial charge in [-0.15, -0.1) is 0 Å². The van der Waals surface area contributed by atoms with Crippen LogP contribution in [0.25, 0.3) is 0 Å². The number of ketones is 2. The van der Waals surface area contributed by atoms with E-state index in [9.17, 15) is 24.0 Å². The fraction of sp³-hybridized carbons (Fsp3) is 0.500. The van der Waals surface area contributed by atoms with Crippen molar-refractivity contribution in [3.8, 4) is 0 Å². The number of carbonyl (C=O) groups is 5. The van der Waals surface area contributed by atoms with Gasteiger partial charge in [0.05, 0.1) is 12.1 Å². The minimum absolute atomic E-state index is 0.0645. The van der Waals surface area contributed by atoms with Crippen molar-refractivity contribution in [3.63, 3.8) is 0 Å². The summed E-state index contributed by atoms with van der Waals surface area (Å²) in [5, 5.41) is 5.27. The van der Waals surface area contributed by atoms with Gasteiger partial charge in [0.15, 0.2) is 12.4 Å². The molecule has 0 bridgehead atoms. The summed E-state index contributed by atoms with van der Waals surface area (Å²) >= 11 is 0. The predicted octanol–water partition coefficient (Wildman–Crippen LogP) is 0.366. The van der Waals surface area contributed by atoms with Gasteiger partial charge in [-0.05, 0) is 25.2 Å². The van der Waals surface area contributed by atoms with E-state index in [2.05, 4.69) is 10.6 Å². The van der Waals surface area contributed by atoms with Crippen LogP contribution in [0.5, 0.6) is 0 Å². The van der Waals surface area contributed by atoms with Crippen LogP contribution in [0.15, 0.2) is 30.3 Å². The fourth-order valence-corrected chi connectivity index (χ4v) is 3.33. The van der Waals surface area contributed by atoms with E-state index in [0.29, 0.717) is 19.4 Å². The number of nitrogens with two attached hydrogens (primary N) is 1. The lowest BCUT2D eigenvalue weighted by Gasteiger charge is -2.22. The van der Waals surface area contributed by atoms with Crippen LogP contribution in [0.1, 0.15) is 43.5 Å². The molecule has 168 valence electrons. The van der Waals surface area contributed by atoms with Crippen LogP contribution in [0.4, 0.5) is 0 Å². The van der Waals surface area contributed by atoms with Crippen molar-refractivity contribution in [1.82, 2.24) is 10.6 Å². The maximum absolute atomic E-state index is 12.7. The van der Waals surface area contributed by atoms with E-state index in [1.165, 1.54) is 12.1 Å². The van der Waals surface area contributed by atoms with Crippen molar-refractivity contribution in [2.45, 2.75) is 45.2 Å². The van der Waals surface area contributed by atoms with Gasteiger partial charge in [-0.2, -0.15) is 0 Å². The molecule has 1 aliphatic rings. The lowest BCUT2D eigenvalue weighted by molar-refractivity contribution is -0.144. The van der Waals surface area contributed by atoms with E-state index in [-0.39, 0.29) is 23.8 Å². The number of Topliss-reactive ketones (excluding diaryl/α,β-unsaturated/α-hetero) is 2. The quantitative estimate of drug-likeness (QED) is 0.261. The van der Waals surface area contributed by atoms with Gasteiger partial charge < -0.3 is 21.1 Å². The lowest BCUT2D eigenvalue weighted by atomic mass is 9.95. The molecular weight excluding hydrogens is 402 g/mol. The largest absolute Gasteiger partial charge is 0.452 e. The van der Waals surface area contributed by atoms with Crippen molar-refractivity contribution in [2.24, 2.45) is 17.6 Å². The lowest BCUT2D eigenvalue weighted by Crippen LogP contribution is -2.50. The molecular formula is C22H29N3O6. The van der Waals surface area contributed by atoms with Crippen LogP contribution in [-0.2, 0) is 23.9 Å². The Labute approximate surface area is 181 Å². The van der Waals surface area contributed by atoms with E-state index in [1.54, 1.807) is 18.2 Å². The summed E-state index contributed by atoms with van der Waals surface area (Å²) in [4.78, 5) is 61.2. The third-order valence-electron chi connectivity index (χ3n) is 5.02. The Bertz CT molecular complexity index is 824. The first-order valence-corrected chi connectivity index (χ1v) is 10.3. The van der Waals surface area contributed by atoms with Crippen LogP contribution in [0, 0.1) is 11.8 Å². The molecule has 9 heteroatoms. The molecule has 0 radical (unpaired) electrons. The normalized spacial score (nSPS) is 17.5. The Morgan fingerprint density at radius 3 is 2.45 bits per heavy atom. The summed E-state index contributed by atoms with van der Waals surface area (Å²) in [5.74, 6) is -3.63. The summed E-state index contributed by atoms with van der Waals surface area (Å²) in [5.41, 5.74) is 6.04. The van der Waals surface area contributed by atoms with Crippen molar-refractivity contribution in [1.29, 1.82) is 0 Å². The van der Waals surface area contributed by atoms with E-state index in [1.807, 2.05) is 13.8 Å².